The summed E-state index contributed by atoms with van der Waals surface area (Å²) in [5.74, 6) is -0.511. The van der Waals surface area contributed by atoms with E-state index in [0.29, 0.717) is 18.4 Å². The van der Waals surface area contributed by atoms with Gasteiger partial charge in [-0.1, -0.05) is 11.6 Å². The first-order chi connectivity index (χ1) is 9.45. The molecular weight excluding hydrogens is 280 g/mol. The zero-order valence-electron chi connectivity index (χ0n) is 11.6. The van der Waals surface area contributed by atoms with Crippen LogP contribution in [0.3, 0.4) is 0 Å². The molecule has 0 amide bonds. The number of carboxylic acid groups (broad SMARTS) is 1. The third-order valence-electron chi connectivity index (χ3n) is 3.54. The van der Waals surface area contributed by atoms with Crippen molar-refractivity contribution in [3.05, 3.63) is 22.8 Å². The van der Waals surface area contributed by atoms with E-state index in [0.717, 1.165) is 19.6 Å². The summed E-state index contributed by atoms with van der Waals surface area (Å²) >= 11 is 5.83. The van der Waals surface area contributed by atoms with Gasteiger partial charge in [-0.25, -0.2) is 9.78 Å². The quantitative estimate of drug-likeness (QED) is 0.811. The van der Waals surface area contributed by atoms with Gasteiger partial charge < -0.3 is 15.3 Å². The lowest BCUT2D eigenvalue weighted by Gasteiger charge is -2.37. The Morgan fingerprint density at radius 1 is 1.50 bits per heavy atom. The van der Waals surface area contributed by atoms with Crippen LogP contribution in [0.5, 0.6) is 0 Å². The van der Waals surface area contributed by atoms with Gasteiger partial charge in [-0.05, 0) is 26.2 Å². The molecule has 20 heavy (non-hydrogen) atoms. The largest absolute Gasteiger partial charge is 0.478 e. The molecule has 0 bridgehead atoms. The second kappa shape index (κ2) is 6.39. The van der Waals surface area contributed by atoms with Crippen LogP contribution in [-0.4, -0.2) is 72.2 Å². The predicted molar refractivity (Wildman–Crippen MR) is 78.6 cm³/mol. The van der Waals surface area contributed by atoms with Crippen molar-refractivity contribution in [3.63, 3.8) is 0 Å². The van der Waals surface area contributed by atoms with Crippen LogP contribution in [0.25, 0.3) is 0 Å². The van der Waals surface area contributed by atoms with Crippen LogP contribution in [0.15, 0.2) is 12.1 Å². The number of aromatic nitrogens is 1. The van der Waals surface area contributed by atoms with Crippen LogP contribution >= 0.6 is 11.6 Å². The zero-order valence-corrected chi connectivity index (χ0v) is 12.4. The standard InChI is InChI=1S/C13H19ClN4O2/c1-17-3-4-18(2)10(8-17)7-15-12-6-9(13(19)20)5-11(14)16-12/h5-6,10H,3-4,7-8H2,1-2H3,(H,15,16)(H,19,20). The molecule has 0 saturated carbocycles. The van der Waals surface area contributed by atoms with Gasteiger partial charge >= 0.3 is 5.97 Å². The Kier molecular flexibility index (Phi) is 4.80. The number of piperazine rings is 1. The van der Waals surface area contributed by atoms with E-state index in [-0.39, 0.29) is 10.7 Å². The fraction of sp³-hybridized carbons (Fsp3) is 0.538. The van der Waals surface area contributed by atoms with Crippen molar-refractivity contribution in [1.29, 1.82) is 0 Å². The number of nitrogens with one attached hydrogen (secondary N) is 1. The van der Waals surface area contributed by atoms with Crippen LogP contribution < -0.4 is 5.32 Å². The summed E-state index contributed by atoms with van der Waals surface area (Å²) < 4.78 is 0. The normalized spacial score (nSPS) is 20.9. The number of carboxylic acids is 1. The van der Waals surface area contributed by atoms with Crippen molar-refractivity contribution < 1.29 is 9.90 Å². The van der Waals surface area contributed by atoms with E-state index in [1.807, 2.05) is 0 Å². The molecular formula is C13H19ClN4O2. The molecule has 1 saturated heterocycles. The number of hydrogen-bond acceptors (Lipinski definition) is 5. The second-order valence-electron chi connectivity index (χ2n) is 5.15. The Bertz CT molecular complexity index is 497. The minimum atomic E-state index is -1.01. The van der Waals surface area contributed by atoms with Crippen LogP contribution in [0.4, 0.5) is 5.82 Å². The van der Waals surface area contributed by atoms with Gasteiger partial charge in [0.15, 0.2) is 0 Å². The Labute approximate surface area is 123 Å². The lowest BCUT2D eigenvalue weighted by molar-refractivity contribution is 0.0697. The summed E-state index contributed by atoms with van der Waals surface area (Å²) in [6.45, 7) is 3.75. The first-order valence-corrected chi connectivity index (χ1v) is 6.87. The monoisotopic (exact) mass is 298 g/mol. The molecule has 1 unspecified atom stereocenters. The highest BCUT2D eigenvalue weighted by molar-refractivity contribution is 6.29. The van der Waals surface area contributed by atoms with Crippen molar-refractivity contribution >= 4 is 23.4 Å². The molecule has 1 aliphatic rings. The smallest absolute Gasteiger partial charge is 0.335 e. The number of anilines is 1. The van der Waals surface area contributed by atoms with Crippen molar-refractivity contribution in [2.75, 3.05) is 45.6 Å². The summed E-state index contributed by atoms with van der Waals surface area (Å²) in [4.78, 5) is 19.6. The number of nitrogens with zero attached hydrogens (tertiary/aromatic N) is 3. The number of hydrogen-bond donors (Lipinski definition) is 2. The van der Waals surface area contributed by atoms with Crippen molar-refractivity contribution in [2.45, 2.75) is 6.04 Å². The average Bonchev–Trinajstić information content (AvgIpc) is 2.39. The molecule has 2 N–H and O–H groups in total. The molecule has 0 spiro atoms. The van der Waals surface area contributed by atoms with E-state index in [2.05, 4.69) is 34.2 Å². The number of likely N-dealkylation sites (N-methyl/N-ethyl adjacent to an activating group) is 2. The zero-order chi connectivity index (χ0) is 14.7. The highest BCUT2D eigenvalue weighted by Gasteiger charge is 2.22. The molecule has 1 atom stereocenters. The van der Waals surface area contributed by atoms with Gasteiger partial charge in [0.1, 0.15) is 11.0 Å². The van der Waals surface area contributed by atoms with E-state index in [1.165, 1.54) is 12.1 Å². The fourth-order valence-corrected chi connectivity index (χ4v) is 2.46. The molecule has 6 nitrogen and oxygen atoms in total. The SMILES string of the molecule is CN1CCN(C)C(CNc2cc(C(=O)O)cc(Cl)n2)C1. The number of halogens is 1. The van der Waals surface area contributed by atoms with E-state index in [1.54, 1.807) is 0 Å². The molecule has 1 aromatic heterocycles. The van der Waals surface area contributed by atoms with Gasteiger partial charge in [0.05, 0.1) is 5.56 Å². The maximum atomic E-state index is 11.0. The van der Waals surface area contributed by atoms with E-state index >= 15 is 0 Å². The van der Waals surface area contributed by atoms with Crippen molar-refractivity contribution in [1.82, 2.24) is 14.8 Å². The number of aromatic carboxylic acids is 1. The van der Waals surface area contributed by atoms with Crippen molar-refractivity contribution in [2.24, 2.45) is 0 Å². The summed E-state index contributed by atoms with van der Waals surface area (Å²) in [7, 11) is 4.19. The number of carbonyl (C=O) groups is 1. The summed E-state index contributed by atoms with van der Waals surface area (Å²) in [6, 6.07) is 3.21. The fourth-order valence-electron chi connectivity index (χ4n) is 2.26. The lowest BCUT2D eigenvalue weighted by atomic mass is 10.2. The Morgan fingerprint density at radius 3 is 2.95 bits per heavy atom. The minimum Gasteiger partial charge on any atom is -0.478 e. The van der Waals surface area contributed by atoms with E-state index in [9.17, 15) is 4.79 Å². The lowest BCUT2D eigenvalue weighted by Crippen LogP contribution is -2.52. The number of pyridine rings is 1. The van der Waals surface area contributed by atoms with Gasteiger partial charge in [-0.2, -0.15) is 0 Å². The molecule has 0 aliphatic carbocycles. The predicted octanol–water partition coefficient (Wildman–Crippen LogP) is 1.09. The maximum Gasteiger partial charge on any atom is 0.335 e. The van der Waals surface area contributed by atoms with E-state index in [4.69, 9.17) is 16.7 Å². The van der Waals surface area contributed by atoms with E-state index < -0.39 is 5.97 Å². The topological polar surface area (TPSA) is 68.7 Å². The molecule has 1 aliphatic heterocycles. The molecule has 110 valence electrons. The van der Waals surface area contributed by atoms with Crippen molar-refractivity contribution in [3.8, 4) is 0 Å². The summed E-state index contributed by atoms with van der Waals surface area (Å²) in [6.07, 6.45) is 0. The number of rotatable bonds is 4. The third kappa shape index (κ3) is 3.82. The van der Waals surface area contributed by atoms with Gasteiger partial charge in [-0.3, -0.25) is 4.90 Å². The highest BCUT2D eigenvalue weighted by Crippen LogP contribution is 2.15. The molecule has 1 aromatic rings. The van der Waals surface area contributed by atoms with Gasteiger partial charge in [0, 0.05) is 32.2 Å². The first-order valence-electron chi connectivity index (χ1n) is 6.49. The second-order valence-corrected chi connectivity index (χ2v) is 5.53. The van der Waals surface area contributed by atoms with Crippen LogP contribution in [-0.2, 0) is 0 Å². The van der Waals surface area contributed by atoms with Gasteiger partial charge in [0.2, 0.25) is 0 Å². The third-order valence-corrected chi connectivity index (χ3v) is 3.73. The van der Waals surface area contributed by atoms with Crippen LogP contribution in [0, 0.1) is 0 Å². The molecule has 7 heteroatoms. The molecule has 2 heterocycles. The van der Waals surface area contributed by atoms with Gasteiger partial charge in [0.25, 0.3) is 0 Å². The highest BCUT2D eigenvalue weighted by atomic mass is 35.5. The molecule has 0 radical (unpaired) electrons. The molecule has 1 fully saturated rings. The van der Waals surface area contributed by atoms with Crippen LogP contribution in [0.1, 0.15) is 10.4 Å². The minimum absolute atomic E-state index is 0.140. The Balaban J connectivity index is 2.01. The average molecular weight is 299 g/mol. The summed E-state index contributed by atoms with van der Waals surface area (Å²) in [5.41, 5.74) is 0.140. The van der Waals surface area contributed by atoms with Gasteiger partial charge in [-0.15, -0.1) is 0 Å². The Morgan fingerprint density at radius 2 is 2.25 bits per heavy atom. The van der Waals surface area contributed by atoms with Crippen LogP contribution in [0.2, 0.25) is 5.15 Å². The first kappa shape index (κ1) is 15.0. The maximum absolute atomic E-state index is 11.0. The molecule has 0 aromatic carbocycles. The molecule has 2 rings (SSSR count). The Hall–Kier alpha value is -1.37. The summed E-state index contributed by atoms with van der Waals surface area (Å²) in [5, 5.41) is 12.4.